The molecular formula is C16H22N2O. The van der Waals surface area contributed by atoms with Gasteiger partial charge in [-0.3, -0.25) is 0 Å². The maximum atomic E-state index is 5.21. The second kappa shape index (κ2) is 6.53. The van der Waals surface area contributed by atoms with Crippen molar-refractivity contribution in [2.45, 2.75) is 39.8 Å². The lowest BCUT2D eigenvalue weighted by molar-refractivity contribution is 0.458. The van der Waals surface area contributed by atoms with Gasteiger partial charge in [0.1, 0.15) is 5.76 Å². The minimum atomic E-state index is 0.304. The highest BCUT2D eigenvalue weighted by molar-refractivity contribution is 5.25. The van der Waals surface area contributed by atoms with Crippen LogP contribution in [0.15, 0.2) is 41.3 Å². The van der Waals surface area contributed by atoms with Gasteiger partial charge in [0.15, 0.2) is 6.39 Å². The molecule has 102 valence electrons. The summed E-state index contributed by atoms with van der Waals surface area (Å²) in [5.74, 6) is 1.57. The molecule has 1 atom stereocenters. The number of oxazole rings is 1. The Kier molecular flexibility index (Phi) is 4.74. The molecule has 1 aromatic carbocycles. The van der Waals surface area contributed by atoms with Crippen molar-refractivity contribution < 1.29 is 4.42 Å². The fraction of sp³-hybridized carbons (Fsp3) is 0.438. The zero-order valence-electron chi connectivity index (χ0n) is 11.9. The third-order valence-electron chi connectivity index (χ3n) is 3.19. The van der Waals surface area contributed by atoms with Crippen LogP contribution in [0.2, 0.25) is 0 Å². The summed E-state index contributed by atoms with van der Waals surface area (Å²) in [5, 5.41) is 3.43. The Morgan fingerprint density at radius 3 is 2.47 bits per heavy atom. The van der Waals surface area contributed by atoms with E-state index in [1.54, 1.807) is 6.20 Å². The van der Waals surface area contributed by atoms with Gasteiger partial charge in [-0.25, -0.2) is 4.98 Å². The average Bonchev–Trinajstić information content (AvgIpc) is 2.89. The standard InChI is InChI=1S/C16H22N2O/c1-12(2)8-14-4-6-15(7-5-14)13(3)18-10-16-9-17-11-19-16/h4-7,9,11-13,18H,8,10H2,1-3H3. The van der Waals surface area contributed by atoms with Crippen LogP contribution in [0.3, 0.4) is 0 Å². The van der Waals surface area contributed by atoms with E-state index in [4.69, 9.17) is 4.42 Å². The number of benzene rings is 1. The molecule has 0 spiro atoms. The van der Waals surface area contributed by atoms with Crippen molar-refractivity contribution in [3.63, 3.8) is 0 Å². The summed E-state index contributed by atoms with van der Waals surface area (Å²) in [6, 6.07) is 9.16. The van der Waals surface area contributed by atoms with Crippen LogP contribution in [0.25, 0.3) is 0 Å². The van der Waals surface area contributed by atoms with Crippen molar-refractivity contribution in [1.82, 2.24) is 10.3 Å². The van der Waals surface area contributed by atoms with Crippen molar-refractivity contribution in [3.05, 3.63) is 53.7 Å². The first-order valence-corrected chi connectivity index (χ1v) is 6.84. The van der Waals surface area contributed by atoms with Gasteiger partial charge >= 0.3 is 0 Å². The van der Waals surface area contributed by atoms with Gasteiger partial charge in [0.2, 0.25) is 0 Å². The lowest BCUT2D eigenvalue weighted by Gasteiger charge is -2.14. The number of nitrogens with zero attached hydrogens (tertiary/aromatic N) is 1. The second-order valence-corrected chi connectivity index (χ2v) is 5.41. The summed E-state index contributed by atoms with van der Waals surface area (Å²) in [7, 11) is 0. The highest BCUT2D eigenvalue weighted by atomic mass is 16.3. The van der Waals surface area contributed by atoms with Crippen LogP contribution in [-0.4, -0.2) is 4.98 Å². The number of aromatic nitrogens is 1. The first-order chi connectivity index (χ1) is 9.15. The van der Waals surface area contributed by atoms with E-state index in [2.05, 4.69) is 55.3 Å². The predicted molar refractivity (Wildman–Crippen MR) is 76.7 cm³/mol. The van der Waals surface area contributed by atoms with Crippen molar-refractivity contribution in [1.29, 1.82) is 0 Å². The summed E-state index contributed by atoms with van der Waals surface area (Å²) in [6.45, 7) is 7.35. The van der Waals surface area contributed by atoms with Crippen LogP contribution in [0, 0.1) is 5.92 Å². The molecule has 0 aliphatic rings. The van der Waals surface area contributed by atoms with E-state index in [1.165, 1.54) is 17.5 Å². The van der Waals surface area contributed by atoms with Gasteiger partial charge in [0.25, 0.3) is 0 Å². The van der Waals surface area contributed by atoms with Gasteiger partial charge in [0, 0.05) is 6.04 Å². The molecule has 0 radical (unpaired) electrons. The van der Waals surface area contributed by atoms with E-state index in [-0.39, 0.29) is 0 Å². The number of rotatable bonds is 6. The summed E-state index contributed by atoms with van der Waals surface area (Å²) in [4.78, 5) is 3.91. The lowest BCUT2D eigenvalue weighted by atomic mass is 10.00. The molecule has 0 amide bonds. The first kappa shape index (κ1) is 13.8. The smallest absolute Gasteiger partial charge is 0.180 e. The number of nitrogens with one attached hydrogen (secondary N) is 1. The van der Waals surface area contributed by atoms with Gasteiger partial charge in [-0.05, 0) is 30.4 Å². The third-order valence-corrected chi connectivity index (χ3v) is 3.19. The zero-order valence-corrected chi connectivity index (χ0v) is 11.9. The van der Waals surface area contributed by atoms with E-state index in [9.17, 15) is 0 Å². The Balaban J connectivity index is 1.90. The third kappa shape index (κ3) is 4.21. The number of hydrogen-bond acceptors (Lipinski definition) is 3. The summed E-state index contributed by atoms with van der Waals surface area (Å²) < 4.78 is 5.21. The molecule has 0 saturated carbocycles. The van der Waals surface area contributed by atoms with Crippen LogP contribution in [0.1, 0.15) is 43.7 Å². The normalized spacial score (nSPS) is 12.8. The molecule has 0 fully saturated rings. The highest BCUT2D eigenvalue weighted by Gasteiger charge is 2.06. The van der Waals surface area contributed by atoms with Crippen molar-refractivity contribution in [3.8, 4) is 0 Å². The first-order valence-electron chi connectivity index (χ1n) is 6.84. The average molecular weight is 258 g/mol. The van der Waals surface area contributed by atoms with Crippen molar-refractivity contribution >= 4 is 0 Å². The maximum absolute atomic E-state index is 5.21. The SMILES string of the molecule is CC(C)Cc1ccc(C(C)NCc2cnco2)cc1. The molecule has 2 aromatic rings. The van der Waals surface area contributed by atoms with E-state index >= 15 is 0 Å². The quantitative estimate of drug-likeness (QED) is 0.858. The lowest BCUT2D eigenvalue weighted by Crippen LogP contribution is -2.17. The molecule has 1 heterocycles. The Bertz CT molecular complexity index is 474. The topological polar surface area (TPSA) is 38.1 Å². The molecule has 1 unspecified atom stereocenters. The molecule has 0 bridgehead atoms. The van der Waals surface area contributed by atoms with Crippen LogP contribution >= 0.6 is 0 Å². The second-order valence-electron chi connectivity index (χ2n) is 5.41. The van der Waals surface area contributed by atoms with Gasteiger partial charge in [-0.15, -0.1) is 0 Å². The van der Waals surface area contributed by atoms with E-state index in [0.717, 1.165) is 12.2 Å². The molecule has 3 heteroatoms. The monoisotopic (exact) mass is 258 g/mol. The molecule has 3 nitrogen and oxygen atoms in total. The van der Waals surface area contributed by atoms with Crippen LogP contribution in [0.4, 0.5) is 0 Å². The molecule has 19 heavy (non-hydrogen) atoms. The minimum Gasteiger partial charge on any atom is -0.447 e. The predicted octanol–water partition coefficient (Wildman–Crippen LogP) is 3.72. The highest BCUT2D eigenvalue weighted by Crippen LogP contribution is 2.16. The Labute approximate surface area is 115 Å². The Hall–Kier alpha value is -1.61. The fourth-order valence-corrected chi connectivity index (χ4v) is 2.11. The zero-order chi connectivity index (χ0) is 13.7. The van der Waals surface area contributed by atoms with E-state index in [1.807, 2.05) is 0 Å². The summed E-state index contributed by atoms with van der Waals surface area (Å²) in [6.07, 6.45) is 4.34. The molecule has 1 N–H and O–H groups in total. The van der Waals surface area contributed by atoms with Gasteiger partial charge in [-0.2, -0.15) is 0 Å². The largest absolute Gasteiger partial charge is 0.447 e. The van der Waals surface area contributed by atoms with Gasteiger partial charge < -0.3 is 9.73 Å². The van der Waals surface area contributed by atoms with Crippen molar-refractivity contribution in [2.24, 2.45) is 5.92 Å². The van der Waals surface area contributed by atoms with Crippen LogP contribution in [0.5, 0.6) is 0 Å². The molecular weight excluding hydrogens is 236 g/mol. The van der Waals surface area contributed by atoms with E-state index < -0.39 is 0 Å². The van der Waals surface area contributed by atoms with Crippen molar-refractivity contribution in [2.75, 3.05) is 0 Å². The molecule has 0 saturated heterocycles. The molecule has 0 aliphatic carbocycles. The maximum Gasteiger partial charge on any atom is 0.180 e. The van der Waals surface area contributed by atoms with Crippen LogP contribution < -0.4 is 5.32 Å². The van der Waals surface area contributed by atoms with Gasteiger partial charge in [0.05, 0.1) is 12.7 Å². The summed E-state index contributed by atoms with van der Waals surface area (Å²) in [5.41, 5.74) is 2.70. The Morgan fingerprint density at radius 1 is 1.16 bits per heavy atom. The van der Waals surface area contributed by atoms with Crippen LogP contribution in [-0.2, 0) is 13.0 Å². The Morgan fingerprint density at radius 2 is 1.89 bits per heavy atom. The number of hydrogen-bond donors (Lipinski definition) is 1. The van der Waals surface area contributed by atoms with Gasteiger partial charge in [-0.1, -0.05) is 38.1 Å². The minimum absolute atomic E-state index is 0.304. The summed E-state index contributed by atoms with van der Waals surface area (Å²) >= 11 is 0. The molecule has 0 aliphatic heterocycles. The molecule has 2 rings (SSSR count). The fourth-order valence-electron chi connectivity index (χ4n) is 2.11. The van der Waals surface area contributed by atoms with E-state index in [0.29, 0.717) is 18.5 Å². The molecule has 1 aromatic heterocycles.